The molecule has 1 N–H and O–H groups in total. The molecule has 2 heteroatoms. The lowest BCUT2D eigenvalue weighted by Crippen LogP contribution is -2.28. The van der Waals surface area contributed by atoms with Gasteiger partial charge in [0.15, 0.2) is 0 Å². The van der Waals surface area contributed by atoms with E-state index in [1.54, 1.807) is 5.56 Å². The van der Waals surface area contributed by atoms with Crippen molar-refractivity contribution in [2.75, 3.05) is 18.8 Å². The average molecular weight is 261 g/mol. The van der Waals surface area contributed by atoms with E-state index in [1.165, 1.54) is 42.9 Å². The van der Waals surface area contributed by atoms with Gasteiger partial charge in [-0.1, -0.05) is 31.5 Å². The molecule has 1 saturated carbocycles. The third kappa shape index (κ3) is 2.60. The standard InChI is InChI=1S/C16H23NS/c1-2-7-16(8-9-16)12-17-10-13-11-18-15-6-4-3-5-14(13)15/h3-6,13,17H,2,7-12H2,1H3. The molecule has 1 aliphatic carbocycles. The fourth-order valence-electron chi connectivity index (χ4n) is 3.13. The van der Waals surface area contributed by atoms with Crippen LogP contribution in [0.3, 0.4) is 0 Å². The van der Waals surface area contributed by atoms with Crippen LogP contribution in [-0.2, 0) is 0 Å². The van der Waals surface area contributed by atoms with Crippen LogP contribution in [0.25, 0.3) is 0 Å². The number of rotatable bonds is 6. The van der Waals surface area contributed by atoms with Gasteiger partial charge in [-0.05, 0) is 36.3 Å². The second-order valence-corrected chi connectivity index (χ2v) is 6.99. The highest BCUT2D eigenvalue weighted by Gasteiger charge is 2.40. The van der Waals surface area contributed by atoms with Gasteiger partial charge in [0.05, 0.1) is 0 Å². The molecule has 1 nitrogen and oxygen atoms in total. The van der Waals surface area contributed by atoms with Crippen molar-refractivity contribution >= 4 is 11.8 Å². The minimum Gasteiger partial charge on any atom is -0.316 e. The van der Waals surface area contributed by atoms with Crippen LogP contribution in [-0.4, -0.2) is 18.8 Å². The summed E-state index contributed by atoms with van der Waals surface area (Å²) >= 11 is 2.02. The van der Waals surface area contributed by atoms with Crippen LogP contribution in [0.2, 0.25) is 0 Å². The molecule has 0 bridgehead atoms. The lowest BCUT2D eigenvalue weighted by Gasteiger charge is -2.17. The van der Waals surface area contributed by atoms with Gasteiger partial charge < -0.3 is 5.32 Å². The van der Waals surface area contributed by atoms with Crippen LogP contribution < -0.4 is 5.32 Å². The van der Waals surface area contributed by atoms with Crippen LogP contribution in [0, 0.1) is 5.41 Å². The van der Waals surface area contributed by atoms with Crippen molar-refractivity contribution in [1.29, 1.82) is 0 Å². The van der Waals surface area contributed by atoms with Crippen LogP contribution >= 0.6 is 11.8 Å². The summed E-state index contributed by atoms with van der Waals surface area (Å²) in [5, 5.41) is 3.74. The number of hydrogen-bond acceptors (Lipinski definition) is 2. The zero-order valence-electron chi connectivity index (χ0n) is 11.2. The van der Waals surface area contributed by atoms with Gasteiger partial charge >= 0.3 is 0 Å². The second-order valence-electron chi connectivity index (χ2n) is 5.93. The lowest BCUT2D eigenvalue weighted by atomic mass is 9.99. The van der Waals surface area contributed by atoms with Crippen molar-refractivity contribution in [2.24, 2.45) is 5.41 Å². The molecule has 3 rings (SSSR count). The van der Waals surface area contributed by atoms with Crippen molar-refractivity contribution in [3.63, 3.8) is 0 Å². The van der Waals surface area contributed by atoms with E-state index in [0.29, 0.717) is 5.41 Å². The van der Waals surface area contributed by atoms with Crippen molar-refractivity contribution in [3.05, 3.63) is 29.8 Å². The zero-order chi connectivity index (χ0) is 12.4. The minimum atomic E-state index is 0.681. The van der Waals surface area contributed by atoms with E-state index in [9.17, 15) is 0 Å². The van der Waals surface area contributed by atoms with Crippen LogP contribution in [0.5, 0.6) is 0 Å². The number of fused-ring (bicyclic) bond motifs is 1. The molecule has 0 aromatic heterocycles. The maximum atomic E-state index is 3.74. The normalized spacial score (nSPS) is 23.9. The predicted octanol–water partition coefficient (Wildman–Crippen LogP) is 4.05. The van der Waals surface area contributed by atoms with E-state index >= 15 is 0 Å². The Bertz CT molecular complexity index is 411. The number of nitrogens with one attached hydrogen (secondary N) is 1. The molecule has 0 saturated heterocycles. The Hall–Kier alpha value is -0.470. The average Bonchev–Trinajstić information content (AvgIpc) is 3.02. The molecule has 1 heterocycles. The summed E-state index contributed by atoms with van der Waals surface area (Å²) < 4.78 is 0. The van der Waals surface area contributed by atoms with Crippen molar-refractivity contribution < 1.29 is 0 Å². The quantitative estimate of drug-likeness (QED) is 0.829. The summed E-state index contributed by atoms with van der Waals surface area (Å²) in [7, 11) is 0. The largest absolute Gasteiger partial charge is 0.316 e. The summed E-state index contributed by atoms with van der Waals surface area (Å²) in [6.07, 6.45) is 5.65. The smallest absolute Gasteiger partial charge is 0.0108 e. The van der Waals surface area contributed by atoms with E-state index in [-0.39, 0.29) is 0 Å². The van der Waals surface area contributed by atoms with E-state index < -0.39 is 0 Å². The Morgan fingerprint density at radius 3 is 2.94 bits per heavy atom. The maximum absolute atomic E-state index is 3.74. The molecular formula is C16H23NS. The molecule has 1 aromatic carbocycles. The first-order valence-electron chi connectivity index (χ1n) is 7.25. The van der Waals surface area contributed by atoms with Crippen LogP contribution in [0.1, 0.15) is 44.1 Å². The molecule has 1 fully saturated rings. The Balaban J connectivity index is 1.50. The Labute approximate surface area is 115 Å². The third-order valence-corrected chi connectivity index (χ3v) is 5.68. The van der Waals surface area contributed by atoms with Gasteiger partial charge in [-0.3, -0.25) is 0 Å². The molecule has 0 amide bonds. The fourth-order valence-corrected chi connectivity index (χ4v) is 4.39. The van der Waals surface area contributed by atoms with Gasteiger partial charge in [0.25, 0.3) is 0 Å². The first kappa shape index (κ1) is 12.6. The summed E-state index contributed by atoms with van der Waals surface area (Å²) in [4.78, 5) is 1.50. The van der Waals surface area contributed by atoms with E-state index in [1.807, 2.05) is 11.8 Å². The summed E-state index contributed by atoms with van der Waals surface area (Å²) in [5.41, 5.74) is 2.25. The molecule has 1 unspecified atom stereocenters. The Morgan fingerprint density at radius 1 is 1.33 bits per heavy atom. The number of benzene rings is 1. The first-order chi connectivity index (χ1) is 8.83. The number of thioether (sulfide) groups is 1. The fraction of sp³-hybridized carbons (Fsp3) is 0.625. The number of hydrogen-bond donors (Lipinski definition) is 1. The van der Waals surface area contributed by atoms with Crippen molar-refractivity contribution in [2.45, 2.75) is 43.4 Å². The topological polar surface area (TPSA) is 12.0 Å². The maximum Gasteiger partial charge on any atom is 0.0108 e. The zero-order valence-corrected chi connectivity index (χ0v) is 12.1. The minimum absolute atomic E-state index is 0.681. The molecule has 1 aliphatic heterocycles. The molecule has 1 atom stereocenters. The highest BCUT2D eigenvalue weighted by Crippen LogP contribution is 2.49. The highest BCUT2D eigenvalue weighted by atomic mass is 32.2. The molecular weight excluding hydrogens is 238 g/mol. The monoisotopic (exact) mass is 261 g/mol. The lowest BCUT2D eigenvalue weighted by molar-refractivity contribution is 0.416. The molecule has 1 aromatic rings. The summed E-state index contributed by atoms with van der Waals surface area (Å²) in [6, 6.07) is 8.90. The van der Waals surface area contributed by atoms with Gasteiger partial charge in [0.2, 0.25) is 0 Å². The van der Waals surface area contributed by atoms with Crippen molar-refractivity contribution in [3.8, 4) is 0 Å². The Kier molecular flexibility index (Phi) is 3.67. The highest BCUT2D eigenvalue weighted by molar-refractivity contribution is 7.99. The van der Waals surface area contributed by atoms with E-state index in [2.05, 4.69) is 36.5 Å². The van der Waals surface area contributed by atoms with Crippen molar-refractivity contribution in [1.82, 2.24) is 5.32 Å². The van der Waals surface area contributed by atoms with Gasteiger partial charge in [-0.15, -0.1) is 11.8 Å². The summed E-state index contributed by atoms with van der Waals surface area (Å²) in [5.74, 6) is 1.98. The van der Waals surface area contributed by atoms with Gasteiger partial charge in [-0.2, -0.15) is 0 Å². The SMILES string of the molecule is CCCC1(CNCC2CSc3ccccc32)CC1. The van der Waals surface area contributed by atoms with Gasteiger partial charge in [-0.25, -0.2) is 0 Å². The molecule has 98 valence electrons. The summed E-state index contributed by atoms with van der Waals surface area (Å²) in [6.45, 7) is 4.71. The van der Waals surface area contributed by atoms with Crippen LogP contribution in [0.15, 0.2) is 29.2 Å². The predicted molar refractivity (Wildman–Crippen MR) is 79.4 cm³/mol. The van der Waals surface area contributed by atoms with E-state index in [0.717, 1.165) is 12.5 Å². The molecule has 0 spiro atoms. The Morgan fingerprint density at radius 2 is 2.17 bits per heavy atom. The first-order valence-corrected chi connectivity index (χ1v) is 8.24. The van der Waals surface area contributed by atoms with Gasteiger partial charge in [0.1, 0.15) is 0 Å². The van der Waals surface area contributed by atoms with E-state index in [4.69, 9.17) is 0 Å². The van der Waals surface area contributed by atoms with Crippen LogP contribution in [0.4, 0.5) is 0 Å². The second kappa shape index (κ2) is 5.26. The molecule has 0 radical (unpaired) electrons. The molecule has 2 aliphatic rings. The molecule has 18 heavy (non-hydrogen) atoms. The third-order valence-electron chi connectivity index (χ3n) is 4.43. The van der Waals surface area contributed by atoms with Gasteiger partial charge in [0, 0.05) is 29.7 Å².